The number of aromatic nitrogens is 4. The molecule has 3 aliphatic heterocycles. The Labute approximate surface area is 732 Å². The topological polar surface area (TPSA) is 100 Å². The number of hydrogen-bond donors (Lipinski definition) is 0. The highest BCUT2D eigenvalue weighted by Crippen LogP contribution is 2.50. The van der Waals surface area contributed by atoms with Gasteiger partial charge in [-0.25, -0.2) is 0 Å². The number of fused-ring (bicyclic) bond motifs is 15. The quantitative estimate of drug-likeness (QED) is 0.0268. The number of rotatable bonds is 14. The lowest BCUT2D eigenvalue weighted by molar-refractivity contribution is 0.0987. The molecular formula is C115H105N5O5. The highest BCUT2D eigenvalue weighted by Gasteiger charge is 2.41. The van der Waals surface area contributed by atoms with Crippen LogP contribution < -0.4 is 15.8 Å². The number of ketones is 2. The van der Waals surface area contributed by atoms with E-state index in [2.05, 4.69) is 293 Å². The summed E-state index contributed by atoms with van der Waals surface area (Å²) in [5.74, 6) is 1.82. The summed E-state index contributed by atoms with van der Waals surface area (Å²) in [7, 11) is 0. The molecule has 0 spiro atoms. The van der Waals surface area contributed by atoms with Crippen LogP contribution in [-0.2, 0) is 35.2 Å². The first-order chi connectivity index (χ1) is 60.6. The summed E-state index contributed by atoms with van der Waals surface area (Å²) in [6.07, 6.45) is 26.4. The Morgan fingerprint density at radius 2 is 0.840 bits per heavy atom. The SMILES string of the molecule is C#Cn1c2ccccc2c2cc(C=Cc3ccc(-c4ccc(C=Cc5ccc6c(c5)c5ccccc5n6CC)cc4)cc3)ccc21.CC(C)CCn1c2cc3c(=O)c4ccc5ccccc5c4n(CCC(C)C)c3cc2c(=O)c2ccc3ccccc3c21.CC1=CC(=C2C(=O)c3ccccc3C2=O)C=C(C=Cc2cc3c4c(c2)C(C)(C)CCN4CCC3(C)C)O1.[HH].[HH]. The molecule has 0 atom stereocenters. The normalized spacial score (nSPS) is 14.9. The number of para-hydroxylation sites is 2. The van der Waals surface area contributed by atoms with E-state index in [1.165, 1.54) is 71.6 Å². The van der Waals surface area contributed by atoms with E-state index >= 15 is 0 Å². The van der Waals surface area contributed by atoms with Gasteiger partial charge in [0, 0.05) is 123 Å². The molecule has 620 valence electrons. The van der Waals surface area contributed by atoms with Crippen molar-refractivity contribution in [3.63, 3.8) is 0 Å². The maximum absolute atomic E-state index is 14.3. The fourth-order valence-electron chi connectivity index (χ4n) is 19.5. The monoisotopic (exact) mass is 1640 g/mol. The van der Waals surface area contributed by atoms with Crippen LogP contribution in [0.5, 0.6) is 0 Å². The van der Waals surface area contributed by atoms with Gasteiger partial charge in [0.05, 0.1) is 38.7 Å². The van der Waals surface area contributed by atoms with Gasteiger partial charge in [0.2, 0.25) is 0 Å². The molecule has 7 heterocycles. The minimum Gasteiger partial charge on any atom is -0.462 e. The fraction of sp³-hybridized carbons (Fsp3) is 0.200. The number of Topliss-reactive ketones (excluding diaryl/α,β-unsaturated/α-hetero) is 2. The molecule has 10 heteroatoms. The number of allylic oxidation sites excluding steroid dienone is 6. The maximum Gasteiger partial charge on any atom is 0.198 e. The van der Waals surface area contributed by atoms with Gasteiger partial charge in [-0.05, 0) is 220 Å². The fourth-order valence-corrected chi connectivity index (χ4v) is 19.5. The minimum absolute atomic E-state index is 0. The minimum atomic E-state index is -0.219. The third-order valence-electron chi connectivity index (χ3n) is 26.4. The first-order valence-electron chi connectivity index (χ1n) is 44.1. The van der Waals surface area contributed by atoms with Crippen molar-refractivity contribution >= 4 is 156 Å². The molecular weight excluding hydrogens is 1530 g/mol. The van der Waals surface area contributed by atoms with Crippen molar-refractivity contribution in [2.24, 2.45) is 11.8 Å². The summed E-state index contributed by atoms with van der Waals surface area (Å²) >= 11 is 0. The smallest absolute Gasteiger partial charge is 0.198 e. The molecule has 0 unspecified atom stereocenters. The molecule has 1 aliphatic carbocycles. The average molecular weight is 1640 g/mol. The standard InChI is InChI=1S/C44H32N2.C38H36N2O2.C33H33NO3.2H2/c1-3-45-41-11-7-5-9-37(41)39-29-33(21-27-43(39)45)15-13-31-17-23-35(24-18-31)36-25-19-32(20-26-36)14-16-34-22-28-44-40(30-34)38-10-6-8-12-42(38)46(44)4-2;1-23(2)17-19-39-33-21-32-34(22-31(33)37(41)29-15-13-25-9-5-7-11-27(25)35(29)39)40(20-18-24(3)4)36-28-12-8-6-10-26(28)14-16-30(36)38(32)42;1-20-16-22(28-30(35)24-8-6-7-9-25(24)31(28)36)19-23(37-20)11-10-21-17-26-29-27(18-21)33(4,5)13-15-34(29)14-12-32(26,2)3;;/h1,5-30H,4H2,2H3;5-16,21-24H,17-20H2,1-4H3;6-11,16-19H,12-15H2,1-5H3;2*1H. The van der Waals surface area contributed by atoms with Gasteiger partial charge in [0.25, 0.3) is 0 Å². The van der Waals surface area contributed by atoms with E-state index < -0.39 is 0 Å². The van der Waals surface area contributed by atoms with Crippen LogP contribution in [0.3, 0.4) is 0 Å². The molecule has 13 aromatic carbocycles. The number of carbonyl (C=O) groups excluding carboxylic acids is 2. The van der Waals surface area contributed by atoms with E-state index in [0.29, 0.717) is 50.8 Å². The molecule has 4 aromatic heterocycles. The van der Waals surface area contributed by atoms with Crippen LogP contribution in [0.2, 0.25) is 0 Å². The second-order valence-corrected chi connectivity index (χ2v) is 36.3. The van der Waals surface area contributed by atoms with Gasteiger partial charge >= 0.3 is 0 Å². The van der Waals surface area contributed by atoms with E-state index in [4.69, 9.17) is 11.2 Å². The Hall–Kier alpha value is -14.1. The first kappa shape index (κ1) is 80.6. The number of terminal acetylenes is 1. The number of ether oxygens (including phenoxy) is 1. The van der Waals surface area contributed by atoms with Gasteiger partial charge in [-0.15, -0.1) is 0 Å². The van der Waals surface area contributed by atoms with Crippen LogP contribution in [0.1, 0.15) is 157 Å². The Bertz CT molecular complexity index is 7490. The molecule has 0 N–H and O–H groups in total. The van der Waals surface area contributed by atoms with Gasteiger partial charge in [0.15, 0.2) is 22.4 Å². The lowest BCUT2D eigenvalue weighted by Gasteiger charge is -2.48. The van der Waals surface area contributed by atoms with E-state index in [0.717, 1.165) is 141 Å². The highest BCUT2D eigenvalue weighted by atomic mass is 16.5. The number of pyridine rings is 2. The highest BCUT2D eigenvalue weighted by molar-refractivity contribution is 6.40. The molecule has 0 saturated carbocycles. The van der Waals surface area contributed by atoms with Crippen LogP contribution in [0, 0.1) is 24.3 Å². The van der Waals surface area contributed by atoms with Gasteiger partial charge in [-0.3, -0.25) is 23.7 Å². The number of hydrogen-bond acceptors (Lipinski definition) is 6. The van der Waals surface area contributed by atoms with Gasteiger partial charge in [0.1, 0.15) is 11.5 Å². The Morgan fingerprint density at radius 3 is 1.34 bits per heavy atom. The number of benzene rings is 13. The zero-order chi connectivity index (χ0) is 86.3. The average Bonchev–Trinajstić information content (AvgIpc) is 1.52. The van der Waals surface area contributed by atoms with Gasteiger partial charge in [-0.1, -0.05) is 274 Å². The molecule has 10 nitrogen and oxygen atoms in total. The van der Waals surface area contributed by atoms with Crippen LogP contribution in [0.25, 0.3) is 150 Å². The molecule has 0 amide bonds. The number of carbonyl (C=O) groups is 2. The van der Waals surface area contributed by atoms with Crippen molar-refractivity contribution in [1.82, 2.24) is 18.3 Å². The van der Waals surface area contributed by atoms with E-state index in [-0.39, 0.29) is 41.7 Å². The van der Waals surface area contributed by atoms with Crippen LogP contribution >= 0.6 is 0 Å². The lowest BCUT2D eigenvalue weighted by atomic mass is 9.69. The Morgan fingerprint density at radius 1 is 0.416 bits per heavy atom. The Balaban J connectivity index is 0.000000134. The molecule has 0 fully saturated rings. The summed E-state index contributed by atoms with van der Waals surface area (Å²) in [5.41, 5.74) is 22.9. The summed E-state index contributed by atoms with van der Waals surface area (Å²) in [6, 6.07) is 90.8. The van der Waals surface area contributed by atoms with Gasteiger partial charge in [-0.2, -0.15) is 0 Å². The molecule has 0 bridgehead atoms. The number of aryl methyl sites for hydroxylation is 3. The summed E-state index contributed by atoms with van der Waals surface area (Å²) in [4.78, 5) is 57.3. The van der Waals surface area contributed by atoms with Crippen LogP contribution in [0.4, 0.5) is 5.69 Å². The summed E-state index contributed by atoms with van der Waals surface area (Å²) in [6.45, 7) is 27.1. The van der Waals surface area contributed by atoms with Crippen molar-refractivity contribution in [1.29, 1.82) is 0 Å². The van der Waals surface area contributed by atoms with Crippen molar-refractivity contribution in [2.75, 3.05) is 18.0 Å². The van der Waals surface area contributed by atoms with Crippen molar-refractivity contribution in [2.45, 2.75) is 125 Å². The van der Waals surface area contributed by atoms with E-state index in [9.17, 15) is 19.2 Å². The molecule has 4 aliphatic rings. The van der Waals surface area contributed by atoms with E-state index in [1.807, 2.05) is 72.2 Å². The molecule has 21 rings (SSSR count). The molecule has 0 saturated heterocycles. The second-order valence-electron chi connectivity index (χ2n) is 36.3. The predicted molar refractivity (Wildman–Crippen MR) is 530 cm³/mol. The summed E-state index contributed by atoms with van der Waals surface area (Å²) < 4.78 is 14.9. The third kappa shape index (κ3) is 14.8. The van der Waals surface area contributed by atoms with Crippen molar-refractivity contribution in [3.8, 4) is 23.6 Å². The number of nitrogens with zero attached hydrogens (tertiary/aromatic N) is 5. The summed E-state index contributed by atoms with van der Waals surface area (Å²) in [5, 5.41) is 12.1. The van der Waals surface area contributed by atoms with E-state index in [1.54, 1.807) is 36.4 Å². The molecule has 0 radical (unpaired) electrons. The first-order valence-corrected chi connectivity index (χ1v) is 44.1. The van der Waals surface area contributed by atoms with Crippen molar-refractivity contribution in [3.05, 3.63) is 366 Å². The predicted octanol–water partition coefficient (Wildman–Crippen LogP) is 27.9. The van der Waals surface area contributed by atoms with Crippen LogP contribution in [-0.4, -0.2) is 42.9 Å². The molecule has 17 aromatic rings. The second kappa shape index (κ2) is 32.6. The zero-order valence-corrected chi connectivity index (χ0v) is 72.7. The van der Waals surface area contributed by atoms with Gasteiger partial charge < -0.3 is 23.3 Å². The van der Waals surface area contributed by atoms with Crippen LogP contribution in [0.15, 0.2) is 305 Å². The van der Waals surface area contributed by atoms with Crippen molar-refractivity contribution < 1.29 is 17.2 Å². The zero-order valence-electron chi connectivity index (χ0n) is 72.7. The molecule has 125 heavy (non-hydrogen) atoms. The Kier molecular flexibility index (Phi) is 21.0. The largest absolute Gasteiger partial charge is 0.462 e. The maximum atomic E-state index is 14.3. The third-order valence-corrected chi connectivity index (χ3v) is 26.4. The lowest BCUT2D eigenvalue weighted by Crippen LogP contribution is -2.44. The number of anilines is 1.